The topological polar surface area (TPSA) is 68.5 Å². The van der Waals surface area contributed by atoms with Gasteiger partial charge in [-0.3, -0.25) is 0 Å². The van der Waals surface area contributed by atoms with Crippen LogP contribution >= 0.6 is 0 Å². The summed E-state index contributed by atoms with van der Waals surface area (Å²) in [4.78, 5) is 17.7. The van der Waals surface area contributed by atoms with Gasteiger partial charge < -0.3 is 14.2 Å². The number of benzene rings is 1. The maximum atomic E-state index is 13.3. The molecule has 1 amide bonds. The van der Waals surface area contributed by atoms with E-state index in [0.29, 0.717) is 25.3 Å². The molecule has 0 aliphatic heterocycles. The van der Waals surface area contributed by atoms with Gasteiger partial charge in [0.05, 0.1) is 0 Å². The van der Waals surface area contributed by atoms with Crippen molar-refractivity contribution in [3.05, 3.63) is 35.7 Å². The van der Waals surface area contributed by atoms with Crippen LogP contribution in [0.5, 0.6) is 0 Å². The molecule has 0 saturated carbocycles. The van der Waals surface area contributed by atoms with Crippen molar-refractivity contribution in [1.82, 2.24) is 15.0 Å². The van der Waals surface area contributed by atoms with Crippen LogP contribution in [0.4, 0.5) is 13.6 Å². The minimum Gasteiger partial charge on any atom is -0.444 e. The molecule has 2 aromatic rings. The van der Waals surface area contributed by atoms with Crippen LogP contribution in [-0.4, -0.2) is 39.8 Å². The van der Waals surface area contributed by atoms with Crippen LogP contribution in [0.15, 0.2) is 22.7 Å². The largest absolute Gasteiger partial charge is 0.444 e. The van der Waals surface area contributed by atoms with E-state index in [9.17, 15) is 13.6 Å². The molecule has 136 valence electrons. The molecule has 0 fully saturated rings. The van der Waals surface area contributed by atoms with Gasteiger partial charge in [-0.2, -0.15) is 4.98 Å². The zero-order valence-electron chi connectivity index (χ0n) is 14.7. The summed E-state index contributed by atoms with van der Waals surface area (Å²) in [5, 5.41) is 3.80. The summed E-state index contributed by atoms with van der Waals surface area (Å²) in [5.74, 6) is -1.48. The summed E-state index contributed by atoms with van der Waals surface area (Å²) in [6.45, 7) is 8.06. The molecule has 0 atom stereocenters. The lowest BCUT2D eigenvalue weighted by Gasteiger charge is -2.26. The number of carbonyl (C=O) groups is 1. The second kappa shape index (κ2) is 7.58. The zero-order chi connectivity index (χ0) is 18.6. The first-order chi connectivity index (χ1) is 11.7. The second-order valence-electron chi connectivity index (χ2n) is 6.45. The van der Waals surface area contributed by atoms with Crippen molar-refractivity contribution in [2.45, 2.75) is 39.7 Å². The van der Waals surface area contributed by atoms with E-state index in [1.54, 1.807) is 20.8 Å². The zero-order valence-corrected chi connectivity index (χ0v) is 14.7. The first-order valence-corrected chi connectivity index (χ1v) is 7.95. The number of halogens is 2. The number of aromatic nitrogens is 2. The number of amides is 1. The average Bonchev–Trinajstić information content (AvgIpc) is 2.98. The van der Waals surface area contributed by atoms with Crippen LogP contribution < -0.4 is 0 Å². The summed E-state index contributed by atoms with van der Waals surface area (Å²) in [6.07, 6.45) is -0.0698. The summed E-state index contributed by atoms with van der Waals surface area (Å²) in [6, 6.07) is 3.34. The van der Waals surface area contributed by atoms with Gasteiger partial charge in [0.2, 0.25) is 0 Å². The van der Waals surface area contributed by atoms with Crippen LogP contribution in [0.25, 0.3) is 11.5 Å². The fourth-order valence-electron chi connectivity index (χ4n) is 2.04. The number of ether oxygens (including phenoxy) is 1. The molecular formula is C17H21F2N3O3. The van der Waals surface area contributed by atoms with Crippen LogP contribution in [0.1, 0.15) is 33.5 Å². The fourth-order valence-corrected chi connectivity index (χ4v) is 2.04. The predicted molar refractivity (Wildman–Crippen MR) is 86.8 cm³/mol. The van der Waals surface area contributed by atoms with Gasteiger partial charge >= 0.3 is 6.09 Å². The molecule has 1 aromatic heterocycles. The Bertz CT molecular complexity index is 741. The molecule has 0 bridgehead atoms. The average molecular weight is 353 g/mol. The molecule has 0 saturated heterocycles. The summed E-state index contributed by atoms with van der Waals surface area (Å²) in [5.41, 5.74) is -0.284. The van der Waals surface area contributed by atoms with Crippen LogP contribution in [0, 0.1) is 11.6 Å². The Kier molecular flexibility index (Phi) is 5.71. The number of likely N-dealkylation sites (N-methyl/N-ethyl adjacent to an activating group) is 1. The fraction of sp³-hybridized carbons (Fsp3) is 0.471. The lowest BCUT2D eigenvalue weighted by molar-refractivity contribution is 0.0261. The number of carbonyl (C=O) groups excluding carboxylic acids is 1. The Morgan fingerprint density at radius 2 is 2.00 bits per heavy atom. The number of hydrogen-bond acceptors (Lipinski definition) is 5. The van der Waals surface area contributed by atoms with Crippen LogP contribution in [0.3, 0.4) is 0 Å². The molecule has 1 aromatic carbocycles. The van der Waals surface area contributed by atoms with E-state index in [-0.39, 0.29) is 11.5 Å². The summed E-state index contributed by atoms with van der Waals surface area (Å²) >= 11 is 0. The molecule has 0 spiro atoms. The van der Waals surface area contributed by atoms with Gasteiger partial charge in [0.1, 0.15) is 5.60 Å². The van der Waals surface area contributed by atoms with E-state index in [1.807, 2.05) is 6.92 Å². The van der Waals surface area contributed by atoms with E-state index in [0.717, 1.165) is 12.1 Å². The lowest BCUT2D eigenvalue weighted by atomic mass is 10.2. The SMILES string of the molecule is CCN(CCc1noc(-c2ccc(F)c(F)c2)n1)C(=O)OC(C)(C)C. The maximum absolute atomic E-state index is 13.3. The molecule has 2 rings (SSSR count). The molecule has 8 heteroatoms. The Morgan fingerprint density at radius 3 is 2.60 bits per heavy atom. The third-order valence-corrected chi connectivity index (χ3v) is 3.27. The van der Waals surface area contributed by atoms with Crippen molar-refractivity contribution in [3.63, 3.8) is 0 Å². The highest BCUT2D eigenvalue weighted by atomic mass is 19.2. The van der Waals surface area contributed by atoms with E-state index in [1.165, 1.54) is 11.0 Å². The van der Waals surface area contributed by atoms with Gasteiger partial charge in [-0.25, -0.2) is 13.6 Å². The Labute approximate surface area is 144 Å². The third-order valence-electron chi connectivity index (χ3n) is 3.27. The highest BCUT2D eigenvalue weighted by molar-refractivity contribution is 5.68. The monoisotopic (exact) mass is 353 g/mol. The minimum absolute atomic E-state index is 0.0919. The standard InChI is InChI=1S/C17H21F2N3O3/c1-5-22(16(23)24-17(2,3)4)9-8-14-20-15(25-21-14)11-6-7-12(18)13(19)10-11/h6-7,10H,5,8-9H2,1-4H3. The molecule has 0 unspecified atom stereocenters. The van der Waals surface area contributed by atoms with Gasteiger partial charge in [-0.1, -0.05) is 5.16 Å². The van der Waals surface area contributed by atoms with Gasteiger partial charge in [0.25, 0.3) is 5.89 Å². The summed E-state index contributed by atoms with van der Waals surface area (Å²) < 4.78 is 36.6. The first-order valence-electron chi connectivity index (χ1n) is 7.95. The van der Waals surface area contributed by atoms with Gasteiger partial charge in [0.15, 0.2) is 17.5 Å². The Hall–Kier alpha value is -2.51. The predicted octanol–water partition coefficient (Wildman–Crippen LogP) is 3.81. The van der Waals surface area contributed by atoms with E-state index in [2.05, 4.69) is 10.1 Å². The third kappa shape index (κ3) is 5.23. The number of hydrogen-bond donors (Lipinski definition) is 0. The molecule has 0 N–H and O–H groups in total. The molecule has 1 heterocycles. The van der Waals surface area contributed by atoms with Crippen LogP contribution in [0.2, 0.25) is 0 Å². The van der Waals surface area contributed by atoms with E-state index in [4.69, 9.17) is 9.26 Å². The van der Waals surface area contributed by atoms with Gasteiger partial charge in [0, 0.05) is 25.1 Å². The molecule has 6 nitrogen and oxygen atoms in total. The lowest BCUT2D eigenvalue weighted by Crippen LogP contribution is -2.37. The summed E-state index contributed by atoms with van der Waals surface area (Å²) in [7, 11) is 0. The highest BCUT2D eigenvalue weighted by Crippen LogP contribution is 2.20. The van der Waals surface area contributed by atoms with E-state index >= 15 is 0 Å². The Balaban J connectivity index is 2.00. The van der Waals surface area contributed by atoms with Crippen molar-refractivity contribution in [1.29, 1.82) is 0 Å². The normalized spacial score (nSPS) is 11.4. The number of rotatable bonds is 5. The Morgan fingerprint density at radius 1 is 1.28 bits per heavy atom. The molecule has 0 radical (unpaired) electrons. The molecule has 0 aliphatic rings. The smallest absolute Gasteiger partial charge is 0.410 e. The number of nitrogens with zero attached hydrogens (tertiary/aromatic N) is 3. The van der Waals surface area contributed by atoms with Crippen LogP contribution in [-0.2, 0) is 11.2 Å². The van der Waals surface area contributed by atoms with Crippen molar-refractivity contribution < 1.29 is 22.8 Å². The van der Waals surface area contributed by atoms with Gasteiger partial charge in [-0.05, 0) is 45.9 Å². The molecule has 0 aliphatic carbocycles. The maximum Gasteiger partial charge on any atom is 0.410 e. The van der Waals surface area contributed by atoms with Crippen molar-refractivity contribution in [2.24, 2.45) is 0 Å². The van der Waals surface area contributed by atoms with Gasteiger partial charge in [-0.15, -0.1) is 0 Å². The minimum atomic E-state index is -0.987. The van der Waals surface area contributed by atoms with Crippen molar-refractivity contribution in [3.8, 4) is 11.5 Å². The molecular weight excluding hydrogens is 332 g/mol. The van der Waals surface area contributed by atoms with Crippen molar-refractivity contribution in [2.75, 3.05) is 13.1 Å². The van der Waals surface area contributed by atoms with E-state index < -0.39 is 23.3 Å². The first kappa shape index (κ1) is 18.8. The molecule has 25 heavy (non-hydrogen) atoms. The second-order valence-corrected chi connectivity index (χ2v) is 6.45. The quantitative estimate of drug-likeness (QED) is 0.817. The highest BCUT2D eigenvalue weighted by Gasteiger charge is 2.21. The van der Waals surface area contributed by atoms with Crippen molar-refractivity contribution >= 4 is 6.09 Å².